The lowest BCUT2D eigenvalue weighted by Crippen LogP contribution is -2.48. The Morgan fingerprint density at radius 1 is 1.35 bits per heavy atom. The Morgan fingerprint density at radius 2 is 2.10 bits per heavy atom. The largest absolute Gasteiger partial charge is 0.355 e. The molecule has 3 atom stereocenters. The van der Waals surface area contributed by atoms with Crippen LogP contribution in [0.3, 0.4) is 0 Å². The molecule has 1 fully saturated rings. The number of carbonyl (C=O) groups excluding carboxylic acids is 1. The molecular formula is C16H29N3O. The molecule has 20 heavy (non-hydrogen) atoms. The minimum absolute atomic E-state index is 0.0728. The zero-order valence-electron chi connectivity index (χ0n) is 13.2. The van der Waals surface area contributed by atoms with Crippen LogP contribution in [-0.2, 0) is 4.79 Å². The highest BCUT2D eigenvalue weighted by Crippen LogP contribution is 2.34. The summed E-state index contributed by atoms with van der Waals surface area (Å²) in [7, 11) is 0. The van der Waals surface area contributed by atoms with Crippen molar-refractivity contribution in [2.45, 2.75) is 58.9 Å². The maximum atomic E-state index is 11.8. The SMILES string of the molecule is CCCC1CCC(C#N)C(N(CC)CC(=O)NCC)C1. The van der Waals surface area contributed by atoms with Crippen molar-refractivity contribution in [1.82, 2.24) is 10.2 Å². The van der Waals surface area contributed by atoms with E-state index in [1.165, 1.54) is 19.3 Å². The maximum absolute atomic E-state index is 11.8. The third-order valence-corrected chi connectivity index (χ3v) is 4.38. The van der Waals surface area contributed by atoms with Crippen molar-refractivity contribution in [3.63, 3.8) is 0 Å². The van der Waals surface area contributed by atoms with Gasteiger partial charge in [0, 0.05) is 12.6 Å². The molecule has 1 rings (SSSR count). The third kappa shape index (κ3) is 4.79. The van der Waals surface area contributed by atoms with Gasteiger partial charge in [0.15, 0.2) is 0 Å². The molecule has 1 aliphatic rings. The highest BCUT2D eigenvalue weighted by Gasteiger charge is 2.34. The number of hydrogen-bond donors (Lipinski definition) is 1. The van der Waals surface area contributed by atoms with Gasteiger partial charge in [-0.1, -0.05) is 26.7 Å². The molecule has 1 amide bonds. The first kappa shape index (κ1) is 17.0. The minimum Gasteiger partial charge on any atom is -0.355 e. The molecule has 4 heteroatoms. The minimum atomic E-state index is 0.0728. The van der Waals surface area contributed by atoms with Crippen LogP contribution in [0.5, 0.6) is 0 Å². The summed E-state index contributed by atoms with van der Waals surface area (Å²) in [4.78, 5) is 14.0. The van der Waals surface area contributed by atoms with Crippen LogP contribution in [0.2, 0.25) is 0 Å². The molecular weight excluding hydrogens is 250 g/mol. The van der Waals surface area contributed by atoms with E-state index in [2.05, 4.69) is 30.1 Å². The van der Waals surface area contributed by atoms with E-state index in [0.717, 1.165) is 25.3 Å². The van der Waals surface area contributed by atoms with E-state index in [-0.39, 0.29) is 17.9 Å². The molecule has 1 N–H and O–H groups in total. The summed E-state index contributed by atoms with van der Waals surface area (Å²) < 4.78 is 0. The van der Waals surface area contributed by atoms with E-state index in [0.29, 0.717) is 13.1 Å². The van der Waals surface area contributed by atoms with Crippen molar-refractivity contribution in [2.75, 3.05) is 19.6 Å². The number of hydrogen-bond acceptors (Lipinski definition) is 3. The molecule has 0 saturated heterocycles. The van der Waals surface area contributed by atoms with Gasteiger partial charge >= 0.3 is 0 Å². The number of nitriles is 1. The Bertz CT molecular complexity index is 337. The van der Waals surface area contributed by atoms with Gasteiger partial charge in [-0.3, -0.25) is 9.69 Å². The molecule has 0 aromatic carbocycles. The van der Waals surface area contributed by atoms with Crippen molar-refractivity contribution >= 4 is 5.91 Å². The average Bonchev–Trinajstić information content (AvgIpc) is 2.45. The van der Waals surface area contributed by atoms with Crippen LogP contribution in [0.25, 0.3) is 0 Å². The number of amides is 1. The first-order valence-corrected chi connectivity index (χ1v) is 8.06. The van der Waals surface area contributed by atoms with Crippen LogP contribution < -0.4 is 5.32 Å². The first-order chi connectivity index (χ1) is 9.65. The van der Waals surface area contributed by atoms with Gasteiger partial charge in [0.05, 0.1) is 18.5 Å². The van der Waals surface area contributed by atoms with E-state index in [4.69, 9.17) is 0 Å². The second kappa shape index (κ2) is 8.97. The van der Waals surface area contributed by atoms with Gasteiger partial charge < -0.3 is 5.32 Å². The molecule has 1 saturated carbocycles. The molecule has 0 bridgehead atoms. The van der Waals surface area contributed by atoms with Crippen molar-refractivity contribution in [2.24, 2.45) is 11.8 Å². The van der Waals surface area contributed by atoms with Crippen molar-refractivity contribution in [3.8, 4) is 6.07 Å². The van der Waals surface area contributed by atoms with E-state index < -0.39 is 0 Å². The first-order valence-electron chi connectivity index (χ1n) is 8.06. The van der Waals surface area contributed by atoms with E-state index in [9.17, 15) is 10.1 Å². The van der Waals surface area contributed by atoms with E-state index >= 15 is 0 Å². The second-order valence-electron chi connectivity index (χ2n) is 5.79. The number of nitrogens with zero attached hydrogens (tertiary/aromatic N) is 2. The topological polar surface area (TPSA) is 56.1 Å². The normalized spacial score (nSPS) is 26.2. The Morgan fingerprint density at radius 3 is 2.65 bits per heavy atom. The van der Waals surface area contributed by atoms with Crippen LogP contribution in [-0.4, -0.2) is 36.5 Å². The Kier molecular flexibility index (Phi) is 7.61. The monoisotopic (exact) mass is 279 g/mol. The Labute approximate surface area is 123 Å². The van der Waals surface area contributed by atoms with Crippen molar-refractivity contribution in [1.29, 1.82) is 5.26 Å². The smallest absolute Gasteiger partial charge is 0.234 e. The highest BCUT2D eigenvalue weighted by atomic mass is 16.2. The van der Waals surface area contributed by atoms with Gasteiger partial charge in [-0.25, -0.2) is 0 Å². The van der Waals surface area contributed by atoms with Gasteiger partial charge in [-0.2, -0.15) is 5.26 Å². The van der Waals surface area contributed by atoms with Crippen LogP contribution in [0.4, 0.5) is 0 Å². The fourth-order valence-corrected chi connectivity index (χ4v) is 3.36. The summed E-state index contributed by atoms with van der Waals surface area (Å²) >= 11 is 0. The maximum Gasteiger partial charge on any atom is 0.234 e. The average molecular weight is 279 g/mol. The van der Waals surface area contributed by atoms with Gasteiger partial charge in [0.1, 0.15) is 0 Å². The lowest BCUT2D eigenvalue weighted by Gasteiger charge is -2.39. The van der Waals surface area contributed by atoms with Gasteiger partial charge in [-0.05, 0) is 38.6 Å². The van der Waals surface area contributed by atoms with Crippen LogP contribution in [0, 0.1) is 23.2 Å². The lowest BCUT2D eigenvalue weighted by atomic mass is 9.76. The molecule has 0 aromatic rings. The van der Waals surface area contributed by atoms with Crippen LogP contribution in [0.15, 0.2) is 0 Å². The number of likely N-dealkylation sites (N-methyl/N-ethyl adjacent to an activating group) is 2. The molecule has 0 radical (unpaired) electrons. The van der Waals surface area contributed by atoms with Gasteiger partial charge in [0.25, 0.3) is 0 Å². The van der Waals surface area contributed by atoms with Crippen LogP contribution >= 0.6 is 0 Å². The fourth-order valence-electron chi connectivity index (χ4n) is 3.36. The highest BCUT2D eigenvalue weighted by molar-refractivity contribution is 5.77. The summed E-state index contributed by atoms with van der Waals surface area (Å²) in [5.74, 6) is 0.874. The second-order valence-corrected chi connectivity index (χ2v) is 5.79. The summed E-state index contributed by atoms with van der Waals surface area (Å²) in [5.41, 5.74) is 0. The van der Waals surface area contributed by atoms with Gasteiger partial charge in [-0.15, -0.1) is 0 Å². The zero-order chi connectivity index (χ0) is 15.0. The van der Waals surface area contributed by atoms with Crippen molar-refractivity contribution < 1.29 is 4.79 Å². The lowest BCUT2D eigenvalue weighted by molar-refractivity contribution is -0.123. The summed E-state index contributed by atoms with van der Waals surface area (Å²) in [6.45, 7) is 8.16. The standard InChI is InChI=1S/C16H29N3O/c1-4-7-13-8-9-14(11-17)15(10-13)19(6-3)12-16(20)18-5-2/h13-15H,4-10,12H2,1-3H3,(H,18,20). The number of nitrogens with one attached hydrogen (secondary N) is 1. The molecule has 1 aliphatic carbocycles. The number of rotatable bonds is 7. The Hall–Kier alpha value is -1.08. The molecule has 114 valence electrons. The zero-order valence-corrected chi connectivity index (χ0v) is 13.2. The number of carbonyl (C=O) groups is 1. The molecule has 0 aromatic heterocycles. The summed E-state index contributed by atoms with van der Waals surface area (Å²) in [5, 5.41) is 12.2. The molecule has 0 aliphatic heterocycles. The molecule has 4 nitrogen and oxygen atoms in total. The predicted octanol–water partition coefficient (Wildman–Crippen LogP) is 2.55. The van der Waals surface area contributed by atoms with E-state index in [1.54, 1.807) is 0 Å². The van der Waals surface area contributed by atoms with Gasteiger partial charge in [0.2, 0.25) is 5.91 Å². The summed E-state index contributed by atoms with van der Waals surface area (Å²) in [6, 6.07) is 2.71. The van der Waals surface area contributed by atoms with Crippen LogP contribution in [0.1, 0.15) is 52.9 Å². The predicted molar refractivity (Wildman–Crippen MR) is 81.1 cm³/mol. The third-order valence-electron chi connectivity index (χ3n) is 4.38. The van der Waals surface area contributed by atoms with E-state index in [1.807, 2.05) is 6.92 Å². The van der Waals surface area contributed by atoms with Crippen molar-refractivity contribution in [3.05, 3.63) is 0 Å². The molecule has 3 unspecified atom stereocenters. The summed E-state index contributed by atoms with van der Waals surface area (Å²) in [6.07, 6.45) is 5.67. The quantitative estimate of drug-likeness (QED) is 0.779. The fraction of sp³-hybridized carbons (Fsp3) is 0.875. The Balaban J connectivity index is 2.69. The molecule has 0 spiro atoms. The molecule has 0 heterocycles.